The minimum Gasteiger partial charge on any atom is -0.507 e. The predicted octanol–water partition coefficient (Wildman–Crippen LogP) is 5.49. The zero-order chi connectivity index (χ0) is 22.3. The van der Waals surface area contributed by atoms with Gasteiger partial charge in [0.1, 0.15) is 36.2 Å². The van der Waals surface area contributed by atoms with Crippen LogP contribution in [0, 0.1) is 0 Å². The van der Waals surface area contributed by atoms with E-state index in [0.717, 1.165) is 11.1 Å². The Balaban J connectivity index is 1.44. The van der Waals surface area contributed by atoms with E-state index in [1.165, 1.54) is 24.3 Å². The first-order valence-electron chi connectivity index (χ1n) is 10.1. The number of hydrogen-bond acceptors (Lipinski definition) is 5. The Kier molecular flexibility index (Phi) is 6.37. The fourth-order valence-corrected chi connectivity index (χ4v) is 3.21. The van der Waals surface area contributed by atoms with Gasteiger partial charge in [0.2, 0.25) is 0 Å². The largest absolute Gasteiger partial charge is 0.507 e. The third-order valence-corrected chi connectivity index (χ3v) is 4.92. The van der Waals surface area contributed by atoms with Crippen LogP contribution in [0.25, 0.3) is 0 Å². The highest BCUT2D eigenvalue weighted by Crippen LogP contribution is 2.31. The second-order valence-corrected chi connectivity index (χ2v) is 7.24. The minimum atomic E-state index is -0.496. The van der Waals surface area contributed by atoms with Gasteiger partial charge in [-0.1, -0.05) is 60.7 Å². The van der Waals surface area contributed by atoms with Crippen molar-refractivity contribution >= 4 is 5.78 Å². The second kappa shape index (κ2) is 9.71. The van der Waals surface area contributed by atoms with Gasteiger partial charge in [0.25, 0.3) is 0 Å². The topological polar surface area (TPSA) is 76.0 Å². The summed E-state index contributed by atoms with van der Waals surface area (Å²) < 4.78 is 11.4. The fourth-order valence-electron chi connectivity index (χ4n) is 3.21. The lowest BCUT2D eigenvalue weighted by Gasteiger charge is -2.11. The average molecular weight is 426 g/mol. The van der Waals surface area contributed by atoms with Crippen LogP contribution in [0.1, 0.15) is 27.0 Å². The van der Waals surface area contributed by atoms with Crippen molar-refractivity contribution in [1.29, 1.82) is 0 Å². The number of phenols is 2. The van der Waals surface area contributed by atoms with Crippen LogP contribution in [-0.2, 0) is 13.2 Å². The normalized spacial score (nSPS) is 10.5. The molecule has 0 unspecified atom stereocenters. The van der Waals surface area contributed by atoms with E-state index in [1.807, 2.05) is 60.7 Å². The van der Waals surface area contributed by atoms with E-state index < -0.39 is 5.78 Å². The summed E-state index contributed by atoms with van der Waals surface area (Å²) >= 11 is 0. The standard InChI is InChI=1S/C27H22O5/c28-25-15-21(31-17-19-7-3-1-4-8-19)11-13-23(25)27(30)24-14-12-22(16-26(24)29)32-18-20-9-5-2-6-10-20/h1-16,28-29H,17-18H2. The van der Waals surface area contributed by atoms with Crippen LogP contribution >= 0.6 is 0 Å². The molecule has 0 saturated heterocycles. The van der Waals surface area contributed by atoms with Gasteiger partial charge >= 0.3 is 0 Å². The van der Waals surface area contributed by atoms with Gasteiger partial charge in [0, 0.05) is 12.1 Å². The first kappa shape index (κ1) is 21.0. The molecule has 0 aliphatic carbocycles. The van der Waals surface area contributed by atoms with E-state index in [0.29, 0.717) is 24.7 Å². The molecule has 0 fully saturated rings. The van der Waals surface area contributed by atoms with E-state index in [4.69, 9.17) is 9.47 Å². The van der Waals surface area contributed by atoms with E-state index in [2.05, 4.69) is 0 Å². The molecule has 2 N–H and O–H groups in total. The van der Waals surface area contributed by atoms with Crippen LogP contribution in [0.2, 0.25) is 0 Å². The maximum absolute atomic E-state index is 12.9. The first-order chi connectivity index (χ1) is 15.6. The molecule has 0 radical (unpaired) electrons. The number of rotatable bonds is 8. The number of phenolic OH excluding ortho intramolecular Hbond substituents is 2. The molecule has 0 amide bonds. The highest BCUT2D eigenvalue weighted by Gasteiger charge is 2.18. The lowest BCUT2D eigenvalue weighted by molar-refractivity contribution is 0.103. The summed E-state index contributed by atoms with van der Waals surface area (Å²) in [6, 6.07) is 28.3. The number of hydrogen-bond donors (Lipinski definition) is 2. The lowest BCUT2D eigenvalue weighted by Crippen LogP contribution is -2.03. The fraction of sp³-hybridized carbons (Fsp3) is 0.0741. The first-order valence-corrected chi connectivity index (χ1v) is 10.1. The van der Waals surface area contributed by atoms with Gasteiger partial charge in [-0.15, -0.1) is 0 Å². The summed E-state index contributed by atoms with van der Waals surface area (Å²) in [6.45, 7) is 0.692. The molecule has 4 aromatic carbocycles. The average Bonchev–Trinajstić information content (AvgIpc) is 2.82. The van der Waals surface area contributed by atoms with Crippen LogP contribution in [0.3, 0.4) is 0 Å². The second-order valence-electron chi connectivity index (χ2n) is 7.24. The molecule has 5 heteroatoms. The monoisotopic (exact) mass is 426 g/mol. The molecular formula is C27H22O5. The molecule has 0 heterocycles. The number of carbonyl (C=O) groups is 1. The molecule has 0 aromatic heterocycles. The van der Waals surface area contributed by atoms with Gasteiger partial charge in [0.05, 0.1) is 11.1 Å². The Hall–Kier alpha value is -4.25. The molecule has 4 rings (SSSR count). The highest BCUT2D eigenvalue weighted by molar-refractivity contribution is 6.12. The molecule has 0 aliphatic rings. The van der Waals surface area contributed by atoms with Crippen LogP contribution in [0.15, 0.2) is 97.1 Å². The maximum atomic E-state index is 12.9. The van der Waals surface area contributed by atoms with Crippen molar-refractivity contribution in [3.05, 3.63) is 119 Å². The van der Waals surface area contributed by atoms with Crippen molar-refractivity contribution in [3.63, 3.8) is 0 Å². The summed E-state index contributed by atoms with van der Waals surface area (Å²) in [5.41, 5.74) is 2.13. The Morgan fingerprint density at radius 1 is 0.594 bits per heavy atom. The summed E-state index contributed by atoms with van der Waals surface area (Å²) in [5.74, 6) is -0.0495. The van der Waals surface area contributed by atoms with Gasteiger partial charge in [-0.05, 0) is 35.4 Å². The van der Waals surface area contributed by atoms with Gasteiger partial charge in [-0.25, -0.2) is 0 Å². The van der Waals surface area contributed by atoms with Gasteiger partial charge in [-0.3, -0.25) is 4.79 Å². The molecule has 0 saturated carbocycles. The number of carbonyl (C=O) groups excluding carboxylic acids is 1. The van der Waals surface area contributed by atoms with Crippen LogP contribution in [-0.4, -0.2) is 16.0 Å². The van der Waals surface area contributed by atoms with E-state index in [9.17, 15) is 15.0 Å². The molecule has 160 valence electrons. The van der Waals surface area contributed by atoms with Crippen molar-refractivity contribution in [2.45, 2.75) is 13.2 Å². The Morgan fingerprint density at radius 2 is 1.00 bits per heavy atom. The van der Waals surface area contributed by atoms with Crippen molar-refractivity contribution in [2.75, 3.05) is 0 Å². The van der Waals surface area contributed by atoms with Crippen molar-refractivity contribution in [1.82, 2.24) is 0 Å². The predicted molar refractivity (Wildman–Crippen MR) is 121 cm³/mol. The summed E-state index contributed by atoms with van der Waals surface area (Å²) in [4.78, 5) is 12.9. The molecule has 0 aliphatic heterocycles. The zero-order valence-electron chi connectivity index (χ0n) is 17.3. The van der Waals surface area contributed by atoms with E-state index in [-0.39, 0.29) is 22.6 Å². The molecule has 0 atom stereocenters. The van der Waals surface area contributed by atoms with Crippen LogP contribution in [0.5, 0.6) is 23.0 Å². The van der Waals surface area contributed by atoms with E-state index in [1.54, 1.807) is 12.1 Å². The number of aromatic hydroxyl groups is 2. The maximum Gasteiger partial charge on any atom is 0.200 e. The Morgan fingerprint density at radius 3 is 1.38 bits per heavy atom. The number of benzene rings is 4. The van der Waals surface area contributed by atoms with Crippen LogP contribution < -0.4 is 9.47 Å². The molecule has 5 nitrogen and oxygen atoms in total. The third kappa shape index (κ3) is 5.08. The summed E-state index contributed by atoms with van der Waals surface area (Å²) in [5, 5.41) is 20.7. The number of ether oxygens (including phenoxy) is 2. The summed E-state index contributed by atoms with van der Waals surface area (Å²) in [7, 11) is 0. The van der Waals surface area contributed by atoms with Gasteiger partial charge in [0.15, 0.2) is 5.78 Å². The Bertz CT molecular complexity index is 1110. The van der Waals surface area contributed by atoms with Crippen molar-refractivity contribution < 1.29 is 24.5 Å². The van der Waals surface area contributed by atoms with Crippen LogP contribution in [0.4, 0.5) is 0 Å². The molecule has 4 aromatic rings. The minimum absolute atomic E-state index is 0.0744. The molecule has 0 bridgehead atoms. The highest BCUT2D eigenvalue weighted by atomic mass is 16.5. The van der Waals surface area contributed by atoms with Gasteiger partial charge < -0.3 is 19.7 Å². The molecule has 0 spiro atoms. The van der Waals surface area contributed by atoms with Crippen molar-refractivity contribution in [3.8, 4) is 23.0 Å². The van der Waals surface area contributed by atoms with Crippen molar-refractivity contribution in [2.24, 2.45) is 0 Å². The zero-order valence-corrected chi connectivity index (χ0v) is 17.3. The Labute approximate surface area is 186 Å². The third-order valence-electron chi connectivity index (χ3n) is 4.92. The molecule has 32 heavy (non-hydrogen) atoms. The lowest BCUT2D eigenvalue weighted by atomic mass is 10.0. The smallest absolute Gasteiger partial charge is 0.200 e. The SMILES string of the molecule is O=C(c1ccc(OCc2ccccc2)cc1O)c1ccc(OCc2ccccc2)cc1O. The molecular weight excluding hydrogens is 404 g/mol. The van der Waals surface area contributed by atoms with E-state index >= 15 is 0 Å². The number of ketones is 1. The summed E-state index contributed by atoms with van der Waals surface area (Å²) in [6.07, 6.45) is 0. The van der Waals surface area contributed by atoms with Gasteiger partial charge in [-0.2, -0.15) is 0 Å². The quantitative estimate of drug-likeness (QED) is 0.365.